The molecule has 0 atom stereocenters. The quantitative estimate of drug-likeness (QED) is 0.773. The summed E-state index contributed by atoms with van der Waals surface area (Å²) in [7, 11) is 0. The van der Waals surface area contributed by atoms with E-state index < -0.39 is 5.97 Å². The molecule has 0 amide bonds. The largest absolute Gasteiger partial charge is 0.478 e. The van der Waals surface area contributed by atoms with Crippen LogP contribution in [0, 0.1) is 0 Å². The van der Waals surface area contributed by atoms with Crippen molar-refractivity contribution in [1.29, 1.82) is 0 Å². The first kappa shape index (κ1) is 8.68. The molecule has 14 heavy (non-hydrogen) atoms. The van der Waals surface area contributed by atoms with Gasteiger partial charge >= 0.3 is 5.97 Å². The Hall–Kier alpha value is -1.91. The number of aromatic carboxylic acids is 1. The monoisotopic (exact) mass is 191 g/mol. The minimum absolute atomic E-state index is 0.196. The van der Waals surface area contributed by atoms with Crippen LogP contribution in [-0.4, -0.2) is 26.1 Å². The van der Waals surface area contributed by atoms with Crippen molar-refractivity contribution < 1.29 is 9.90 Å². The molecule has 5 heteroatoms. The molecule has 0 saturated carbocycles. The summed E-state index contributed by atoms with van der Waals surface area (Å²) in [5.74, 6) is -0.973. The second-order valence-electron chi connectivity index (χ2n) is 2.88. The maximum Gasteiger partial charge on any atom is 0.338 e. The summed E-state index contributed by atoms with van der Waals surface area (Å²) in [6.45, 7) is 2.61. The second-order valence-corrected chi connectivity index (χ2v) is 2.88. The Morgan fingerprint density at radius 1 is 1.57 bits per heavy atom. The second kappa shape index (κ2) is 3.10. The molecule has 2 rings (SSSR count). The lowest BCUT2D eigenvalue weighted by atomic mass is 10.2. The van der Waals surface area contributed by atoms with E-state index in [4.69, 9.17) is 5.11 Å². The van der Waals surface area contributed by atoms with Gasteiger partial charge in [-0.15, -0.1) is 5.10 Å². The molecule has 0 fully saturated rings. The van der Waals surface area contributed by atoms with E-state index >= 15 is 0 Å². The lowest BCUT2D eigenvalue weighted by molar-refractivity contribution is 0.0699. The van der Waals surface area contributed by atoms with Crippen LogP contribution in [0.25, 0.3) is 11.0 Å². The third-order valence-corrected chi connectivity index (χ3v) is 2.08. The van der Waals surface area contributed by atoms with Gasteiger partial charge in [0.05, 0.1) is 11.1 Å². The fourth-order valence-corrected chi connectivity index (χ4v) is 1.40. The average Bonchev–Trinajstić information content (AvgIpc) is 2.59. The van der Waals surface area contributed by atoms with Gasteiger partial charge in [0.2, 0.25) is 0 Å². The number of rotatable bonds is 2. The van der Waals surface area contributed by atoms with Crippen molar-refractivity contribution in [2.24, 2.45) is 0 Å². The van der Waals surface area contributed by atoms with Crippen molar-refractivity contribution in [2.45, 2.75) is 13.5 Å². The third-order valence-electron chi connectivity index (χ3n) is 2.08. The van der Waals surface area contributed by atoms with Crippen molar-refractivity contribution in [3.05, 3.63) is 23.8 Å². The van der Waals surface area contributed by atoms with Crippen molar-refractivity contribution in [2.75, 3.05) is 0 Å². The Morgan fingerprint density at radius 2 is 2.36 bits per heavy atom. The number of benzene rings is 1. The van der Waals surface area contributed by atoms with Crippen LogP contribution < -0.4 is 0 Å². The van der Waals surface area contributed by atoms with Crippen molar-refractivity contribution in [1.82, 2.24) is 15.0 Å². The van der Waals surface area contributed by atoms with E-state index in [9.17, 15) is 4.79 Å². The molecule has 2 aromatic rings. The Balaban J connectivity index is 2.76. The number of hydrogen-bond donors (Lipinski definition) is 1. The lowest BCUT2D eigenvalue weighted by Crippen LogP contribution is -1.98. The number of nitrogens with zero attached hydrogens (tertiary/aromatic N) is 3. The third kappa shape index (κ3) is 1.14. The molecule has 0 bridgehead atoms. The number of aromatic nitrogens is 3. The minimum Gasteiger partial charge on any atom is -0.478 e. The Morgan fingerprint density at radius 3 is 3.00 bits per heavy atom. The molecule has 72 valence electrons. The first-order valence-electron chi connectivity index (χ1n) is 4.29. The summed E-state index contributed by atoms with van der Waals surface area (Å²) < 4.78 is 1.67. The molecule has 0 aliphatic rings. The zero-order valence-corrected chi connectivity index (χ0v) is 7.64. The van der Waals surface area contributed by atoms with E-state index in [1.165, 1.54) is 6.07 Å². The fraction of sp³-hybridized carbons (Fsp3) is 0.222. The number of aryl methyl sites for hydroxylation is 1. The Labute approximate surface area is 80.0 Å². The molecule has 0 radical (unpaired) electrons. The highest BCUT2D eigenvalue weighted by molar-refractivity contribution is 6.00. The zero-order valence-electron chi connectivity index (χ0n) is 7.64. The van der Waals surface area contributed by atoms with Crippen molar-refractivity contribution >= 4 is 17.0 Å². The first-order valence-corrected chi connectivity index (χ1v) is 4.29. The number of carbonyl (C=O) groups is 1. The van der Waals surface area contributed by atoms with Crippen LogP contribution in [0.15, 0.2) is 18.2 Å². The molecule has 0 spiro atoms. The van der Waals surface area contributed by atoms with Crippen LogP contribution in [0.5, 0.6) is 0 Å². The van der Waals surface area contributed by atoms with E-state index in [1.54, 1.807) is 10.7 Å². The summed E-state index contributed by atoms with van der Waals surface area (Å²) in [5, 5.41) is 16.6. The molecule has 5 nitrogen and oxygen atoms in total. The molecule has 0 saturated heterocycles. The SMILES string of the molecule is CCn1nnc2c(C(=O)O)cccc21. The number of carboxylic acids is 1. The van der Waals surface area contributed by atoms with Gasteiger partial charge in [0.15, 0.2) is 0 Å². The average molecular weight is 191 g/mol. The maximum atomic E-state index is 10.8. The van der Waals surface area contributed by atoms with E-state index in [1.807, 2.05) is 13.0 Å². The number of carboxylic acid groups (broad SMARTS) is 1. The normalized spacial score (nSPS) is 10.6. The summed E-state index contributed by atoms with van der Waals surface area (Å²) in [6, 6.07) is 5.03. The van der Waals surface area contributed by atoms with Gasteiger partial charge in [0, 0.05) is 6.54 Å². The predicted octanol–water partition coefficient (Wildman–Crippen LogP) is 1.15. The van der Waals surface area contributed by atoms with Gasteiger partial charge in [-0.25, -0.2) is 9.48 Å². The van der Waals surface area contributed by atoms with E-state index in [0.29, 0.717) is 12.1 Å². The van der Waals surface area contributed by atoms with Gasteiger partial charge < -0.3 is 5.11 Å². The smallest absolute Gasteiger partial charge is 0.338 e. The zero-order chi connectivity index (χ0) is 10.1. The maximum absolute atomic E-state index is 10.8. The highest BCUT2D eigenvalue weighted by atomic mass is 16.4. The number of hydrogen-bond acceptors (Lipinski definition) is 3. The number of fused-ring (bicyclic) bond motifs is 1. The van der Waals surface area contributed by atoms with Crippen molar-refractivity contribution in [3.8, 4) is 0 Å². The molecule has 1 heterocycles. The summed E-state index contributed by atoms with van der Waals surface area (Å²) >= 11 is 0. The summed E-state index contributed by atoms with van der Waals surface area (Å²) in [4.78, 5) is 10.8. The summed E-state index contributed by atoms with van der Waals surface area (Å²) in [5.41, 5.74) is 1.40. The van der Waals surface area contributed by atoms with Gasteiger partial charge in [-0.2, -0.15) is 0 Å². The Bertz CT molecular complexity index is 490. The van der Waals surface area contributed by atoms with Crippen LogP contribution in [0.1, 0.15) is 17.3 Å². The van der Waals surface area contributed by atoms with Crippen LogP contribution in [0.2, 0.25) is 0 Å². The van der Waals surface area contributed by atoms with Gasteiger partial charge in [-0.3, -0.25) is 0 Å². The van der Waals surface area contributed by atoms with Gasteiger partial charge in [-0.1, -0.05) is 11.3 Å². The van der Waals surface area contributed by atoms with Gasteiger partial charge in [-0.05, 0) is 19.1 Å². The van der Waals surface area contributed by atoms with E-state index in [2.05, 4.69) is 10.3 Å². The molecular weight excluding hydrogens is 182 g/mol. The minimum atomic E-state index is -0.973. The molecular formula is C9H9N3O2. The lowest BCUT2D eigenvalue weighted by Gasteiger charge is -1.97. The topological polar surface area (TPSA) is 68.0 Å². The Kier molecular flexibility index (Phi) is 1.92. The standard InChI is InChI=1S/C9H9N3O2/c1-2-12-7-5-3-4-6(9(13)14)8(7)10-11-12/h3-5H,2H2,1H3,(H,13,14). The molecule has 0 aliphatic heterocycles. The van der Waals surface area contributed by atoms with Crippen LogP contribution in [0.3, 0.4) is 0 Å². The van der Waals surface area contributed by atoms with E-state index in [0.717, 1.165) is 5.52 Å². The summed E-state index contributed by atoms with van der Waals surface area (Å²) in [6.07, 6.45) is 0. The van der Waals surface area contributed by atoms with Crippen LogP contribution in [-0.2, 0) is 6.54 Å². The van der Waals surface area contributed by atoms with E-state index in [-0.39, 0.29) is 5.56 Å². The molecule has 0 unspecified atom stereocenters. The molecule has 1 N–H and O–H groups in total. The highest BCUT2D eigenvalue weighted by Gasteiger charge is 2.12. The van der Waals surface area contributed by atoms with Crippen molar-refractivity contribution in [3.63, 3.8) is 0 Å². The molecule has 0 aliphatic carbocycles. The molecule has 1 aromatic heterocycles. The predicted molar refractivity (Wildman–Crippen MR) is 50.2 cm³/mol. The van der Waals surface area contributed by atoms with Gasteiger partial charge in [0.25, 0.3) is 0 Å². The first-order chi connectivity index (χ1) is 6.74. The highest BCUT2D eigenvalue weighted by Crippen LogP contribution is 2.15. The molecule has 1 aromatic carbocycles. The van der Waals surface area contributed by atoms with Gasteiger partial charge in [0.1, 0.15) is 5.52 Å². The van der Waals surface area contributed by atoms with Crippen LogP contribution in [0.4, 0.5) is 0 Å². The fourth-order valence-electron chi connectivity index (χ4n) is 1.40. The van der Waals surface area contributed by atoms with Crippen LogP contribution >= 0.6 is 0 Å².